The molecule has 1 amide bonds. The van der Waals surface area contributed by atoms with E-state index in [2.05, 4.69) is 15.4 Å². The number of halogens is 7. The van der Waals surface area contributed by atoms with E-state index >= 15 is 4.39 Å². The van der Waals surface area contributed by atoms with Gasteiger partial charge in [-0.05, 0) is 98.0 Å². The highest BCUT2D eigenvalue weighted by atomic mass is 32.2. The van der Waals surface area contributed by atoms with Gasteiger partial charge >= 0.3 is 6.36 Å². The van der Waals surface area contributed by atoms with Gasteiger partial charge in [0.15, 0.2) is 0 Å². The number of hydrogen-bond acceptors (Lipinski definition) is 6. The van der Waals surface area contributed by atoms with E-state index in [1.807, 2.05) is 0 Å². The molecule has 52 heavy (non-hydrogen) atoms. The third kappa shape index (κ3) is 9.28. The number of rotatable bonds is 12. The summed E-state index contributed by atoms with van der Waals surface area (Å²) < 4.78 is 128. The van der Waals surface area contributed by atoms with E-state index in [0.29, 0.717) is 18.2 Å². The van der Waals surface area contributed by atoms with Gasteiger partial charge in [0.25, 0.3) is 0 Å². The first-order valence-corrected chi connectivity index (χ1v) is 17.6. The fraction of sp³-hybridized carbons (Fsp3) is 0.306. The van der Waals surface area contributed by atoms with Crippen LogP contribution in [0.4, 0.5) is 36.4 Å². The van der Waals surface area contributed by atoms with E-state index in [-0.39, 0.29) is 47.5 Å². The molecule has 0 saturated carbocycles. The van der Waals surface area contributed by atoms with Gasteiger partial charge in [-0.25, -0.2) is 26.0 Å². The monoisotopic (exact) mass is 752 g/mol. The zero-order valence-electron chi connectivity index (χ0n) is 27.6. The van der Waals surface area contributed by atoms with Crippen molar-refractivity contribution in [2.45, 2.75) is 61.5 Å². The zero-order valence-corrected chi connectivity index (χ0v) is 28.5. The summed E-state index contributed by atoms with van der Waals surface area (Å²) in [6.07, 6.45) is -4.40. The fourth-order valence-electron chi connectivity index (χ4n) is 6.44. The van der Waals surface area contributed by atoms with Crippen LogP contribution in [0.2, 0.25) is 0 Å². The number of ether oxygens (including phenoxy) is 1. The van der Waals surface area contributed by atoms with E-state index in [1.54, 1.807) is 6.92 Å². The largest absolute Gasteiger partial charge is 0.573 e. The number of nitrogens with two attached hydrogens (primary N) is 1. The van der Waals surface area contributed by atoms with Crippen molar-refractivity contribution in [3.8, 4) is 5.75 Å². The minimum absolute atomic E-state index is 0.0200. The molecule has 16 heteroatoms. The molecule has 0 spiro atoms. The highest BCUT2D eigenvalue weighted by Crippen LogP contribution is 2.32. The van der Waals surface area contributed by atoms with Crippen LogP contribution in [0.1, 0.15) is 42.4 Å². The van der Waals surface area contributed by atoms with E-state index in [0.717, 1.165) is 48.5 Å². The predicted octanol–water partition coefficient (Wildman–Crippen LogP) is 6.61. The van der Waals surface area contributed by atoms with Crippen molar-refractivity contribution >= 4 is 21.6 Å². The molecule has 1 aliphatic heterocycles. The van der Waals surface area contributed by atoms with Crippen molar-refractivity contribution in [2.75, 3.05) is 18.4 Å². The summed E-state index contributed by atoms with van der Waals surface area (Å²) in [6, 6.07) is 12.9. The molecule has 0 bridgehead atoms. The molecule has 5 rings (SSSR count). The Kier molecular flexibility index (Phi) is 11.9. The Balaban J connectivity index is 1.32. The van der Waals surface area contributed by atoms with Crippen LogP contribution in [0.15, 0.2) is 89.8 Å². The minimum atomic E-state index is -4.94. The summed E-state index contributed by atoms with van der Waals surface area (Å²) in [5.74, 6) is -5.57. The Labute approximate surface area is 295 Å². The Hall–Kier alpha value is -4.51. The molecule has 0 unspecified atom stereocenters. The number of anilines is 1. The molecule has 1 heterocycles. The normalized spacial score (nSPS) is 18.1. The summed E-state index contributed by atoms with van der Waals surface area (Å²) in [4.78, 5) is 13.3. The number of piperazine rings is 1. The van der Waals surface area contributed by atoms with Gasteiger partial charge < -0.3 is 21.1 Å². The average molecular weight is 753 g/mol. The lowest BCUT2D eigenvalue weighted by molar-refractivity contribution is -0.274. The molecule has 1 aliphatic rings. The fourth-order valence-corrected chi connectivity index (χ4v) is 8.28. The molecule has 278 valence electrons. The maximum Gasteiger partial charge on any atom is 0.573 e. The lowest BCUT2D eigenvalue weighted by Crippen LogP contribution is -2.58. The maximum atomic E-state index is 15.3. The van der Waals surface area contributed by atoms with Crippen molar-refractivity contribution in [3.63, 3.8) is 0 Å². The SMILES string of the molecule is C[C@@H]1CNC[C@H](CCCc2c(F)cccc2NC(=O)[C@@H](N)[C@@H](c2ccc(F)cc2)c2cc(F)cc(F)c2)N1S(=O)(=O)c1ccc(OC(F)(F)F)cc1. The van der Waals surface area contributed by atoms with Crippen LogP contribution in [-0.4, -0.2) is 56.2 Å². The van der Waals surface area contributed by atoms with Gasteiger partial charge in [-0.1, -0.05) is 18.2 Å². The molecule has 8 nitrogen and oxygen atoms in total. The number of nitrogens with zero attached hydrogens (tertiary/aromatic N) is 1. The summed E-state index contributed by atoms with van der Waals surface area (Å²) >= 11 is 0. The third-order valence-corrected chi connectivity index (χ3v) is 10.8. The van der Waals surface area contributed by atoms with Crippen LogP contribution in [-0.2, 0) is 21.2 Å². The number of amides is 1. The second kappa shape index (κ2) is 16.0. The first-order valence-electron chi connectivity index (χ1n) is 16.2. The van der Waals surface area contributed by atoms with Crippen LogP contribution in [0.25, 0.3) is 0 Å². The van der Waals surface area contributed by atoms with E-state index in [1.165, 1.54) is 34.6 Å². The molecule has 1 saturated heterocycles. The topological polar surface area (TPSA) is 114 Å². The summed E-state index contributed by atoms with van der Waals surface area (Å²) in [5, 5.41) is 5.78. The van der Waals surface area contributed by atoms with E-state index in [4.69, 9.17) is 5.73 Å². The second-order valence-electron chi connectivity index (χ2n) is 12.4. The standard InChI is InChI=1S/C36H35F7N4O4S/c1-21-19-45-20-27(47(21)52(49,50)29-14-12-28(13-15-29)51-36(41,42)43)4-2-5-30-31(40)6-3-7-32(30)46-35(48)34(44)33(22-8-10-24(37)11-9-22)23-16-25(38)18-26(39)17-23/h3,6-18,21,27,33-34,45H,2,4-5,19-20,44H2,1H3,(H,46,48)/t21-,27+,33+,34+/m1/s1. The number of carbonyl (C=O) groups is 1. The molecular weight excluding hydrogens is 717 g/mol. The lowest BCUT2D eigenvalue weighted by atomic mass is 9.84. The summed E-state index contributed by atoms with van der Waals surface area (Å²) in [6.45, 7) is 2.25. The molecular formula is C36H35F7N4O4S. The Morgan fingerprint density at radius 3 is 2.21 bits per heavy atom. The maximum absolute atomic E-state index is 15.3. The third-order valence-electron chi connectivity index (χ3n) is 8.72. The van der Waals surface area contributed by atoms with Gasteiger partial charge in [-0.2, -0.15) is 4.31 Å². The average Bonchev–Trinajstić information content (AvgIpc) is 3.06. The number of hydrogen-bond donors (Lipinski definition) is 3. The molecule has 0 aromatic heterocycles. The zero-order chi connectivity index (χ0) is 37.8. The Bertz CT molecular complexity index is 1960. The summed E-state index contributed by atoms with van der Waals surface area (Å²) in [5.41, 5.74) is 6.87. The van der Waals surface area contributed by atoms with E-state index in [9.17, 15) is 39.6 Å². The summed E-state index contributed by atoms with van der Waals surface area (Å²) in [7, 11) is -4.18. The molecule has 4 aromatic carbocycles. The number of nitrogens with one attached hydrogen (secondary N) is 2. The van der Waals surface area contributed by atoms with Gasteiger partial charge in [-0.3, -0.25) is 4.79 Å². The first-order chi connectivity index (χ1) is 24.5. The van der Waals surface area contributed by atoms with Gasteiger partial charge in [-0.15, -0.1) is 13.2 Å². The smallest absolute Gasteiger partial charge is 0.406 e. The first kappa shape index (κ1) is 38.7. The molecule has 4 atom stereocenters. The molecule has 1 fully saturated rings. The van der Waals surface area contributed by atoms with Crippen molar-refractivity contribution in [2.24, 2.45) is 5.73 Å². The quantitative estimate of drug-likeness (QED) is 0.141. The van der Waals surface area contributed by atoms with Crippen LogP contribution in [0.3, 0.4) is 0 Å². The van der Waals surface area contributed by atoms with Crippen LogP contribution in [0, 0.1) is 23.3 Å². The number of benzene rings is 4. The number of alkyl halides is 3. The van der Waals surface area contributed by atoms with Crippen molar-refractivity contribution in [3.05, 3.63) is 125 Å². The highest BCUT2D eigenvalue weighted by Gasteiger charge is 2.38. The molecule has 0 aliphatic carbocycles. The van der Waals surface area contributed by atoms with Crippen molar-refractivity contribution < 1.29 is 48.7 Å². The number of sulfonamides is 1. The van der Waals surface area contributed by atoms with Crippen molar-refractivity contribution in [1.82, 2.24) is 9.62 Å². The van der Waals surface area contributed by atoms with Crippen LogP contribution < -0.4 is 21.1 Å². The molecule has 4 N–H and O–H groups in total. The van der Waals surface area contributed by atoms with Crippen LogP contribution in [0.5, 0.6) is 5.75 Å². The Morgan fingerprint density at radius 2 is 1.58 bits per heavy atom. The molecule has 4 aromatic rings. The van der Waals surface area contributed by atoms with Gasteiger partial charge in [0.05, 0.1) is 10.9 Å². The predicted molar refractivity (Wildman–Crippen MR) is 179 cm³/mol. The van der Waals surface area contributed by atoms with Gasteiger partial charge in [0.1, 0.15) is 29.0 Å². The highest BCUT2D eigenvalue weighted by molar-refractivity contribution is 7.89. The van der Waals surface area contributed by atoms with Gasteiger partial charge in [0, 0.05) is 48.4 Å². The van der Waals surface area contributed by atoms with Crippen molar-refractivity contribution in [1.29, 1.82) is 0 Å². The molecule has 0 radical (unpaired) electrons. The number of carbonyl (C=O) groups excluding carboxylic acids is 1. The van der Waals surface area contributed by atoms with Crippen LogP contribution >= 0.6 is 0 Å². The second-order valence-corrected chi connectivity index (χ2v) is 14.3. The van der Waals surface area contributed by atoms with Gasteiger partial charge in [0.2, 0.25) is 15.9 Å². The lowest BCUT2D eigenvalue weighted by Gasteiger charge is -2.40. The minimum Gasteiger partial charge on any atom is -0.406 e. The Morgan fingerprint density at radius 1 is 0.923 bits per heavy atom. The van der Waals surface area contributed by atoms with E-state index < -0.39 is 75.4 Å².